The maximum Gasteiger partial charge on any atom is 0.416 e. The van der Waals surface area contributed by atoms with Crippen LogP contribution in [-0.2, 0) is 11.0 Å². The van der Waals surface area contributed by atoms with Crippen molar-refractivity contribution in [1.29, 1.82) is 0 Å². The number of alkyl halides is 4. The summed E-state index contributed by atoms with van der Waals surface area (Å²) in [6, 6.07) is 2.18. The molecule has 4 bridgehead atoms. The van der Waals surface area contributed by atoms with Crippen LogP contribution in [-0.4, -0.2) is 15.2 Å². The summed E-state index contributed by atoms with van der Waals surface area (Å²) in [5.41, 5.74) is 2.45. The number of carbonyl (C=O) groups excluding carboxylic acids is 1. The van der Waals surface area contributed by atoms with Gasteiger partial charge in [-0.2, -0.15) is 13.2 Å². The van der Waals surface area contributed by atoms with Gasteiger partial charge in [0, 0.05) is 10.4 Å². The highest BCUT2D eigenvalue weighted by Crippen LogP contribution is 2.64. The Morgan fingerprint density at radius 2 is 1.86 bits per heavy atom. The molecule has 0 heterocycles. The van der Waals surface area contributed by atoms with Crippen molar-refractivity contribution in [3.05, 3.63) is 33.9 Å². The number of hydrogen-bond donors (Lipinski definition) is 2. The number of rotatable bonds is 4. The first-order chi connectivity index (χ1) is 13.0. The smallest absolute Gasteiger partial charge is 0.292 e. The fraction of sp³-hybridized carbons (Fsp3) is 0.611. The Hall–Kier alpha value is -1.84. The summed E-state index contributed by atoms with van der Waals surface area (Å²) < 4.78 is 38.4. The minimum absolute atomic E-state index is 0.0330. The molecule has 5 rings (SSSR count). The highest BCUT2D eigenvalue weighted by molar-refractivity contribution is 9.10. The van der Waals surface area contributed by atoms with E-state index in [1.807, 2.05) is 0 Å². The molecule has 0 aromatic heterocycles. The molecule has 0 saturated heterocycles. The molecule has 1 aromatic rings. The number of benzene rings is 1. The van der Waals surface area contributed by atoms with E-state index in [0.717, 1.165) is 44.2 Å². The van der Waals surface area contributed by atoms with Crippen LogP contribution in [0.2, 0.25) is 0 Å². The van der Waals surface area contributed by atoms with E-state index in [0.29, 0.717) is 24.3 Å². The van der Waals surface area contributed by atoms with Gasteiger partial charge in [0.25, 0.3) is 5.69 Å². The first kappa shape index (κ1) is 19.5. The summed E-state index contributed by atoms with van der Waals surface area (Å²) in [7, 11) is 0. The van der Waals surface area contributed by atoms with Crippen molar-refractivity contribution in [2.45, 2.75) is 49.0 Å². The van der Waals surface area contributed by atoms with Gasteiger partial charge in [-0.1, -0.05) is 15.9 Å². The molecule has 2 atom stereocenters. The number of nitro groups is 1. The lowest BCUT2D eigenvalue weighted by atomic mass is 9.49. The molecule has 28 heavy (non-hydrogen) atoms. The van der Waals surface area contributed by atoms with Crippen LogP contribution in [0.15, 0.2) is 18.2 Å². The van der Waals surface area contributed by atoms with Crippen molar-refractivity contribution in [3.63, 3.8) is 0 Å². The standard InChI is InChI=1S/C18H19BrF3N3O3/c19-17-7-10-3-11(8-17)6-16(5-10,9-17)15(26)24-23-13-2-1-12(18(20,21)22)4-14(13)25(27)28/h1-2,4,10-11,23H,3,5-9H2,(H,24,26). The molecule has 4 saturated carbocycles. The number of hydrogen-bond acceptors (Lipinski definition) is 4. The number of nitrogens with one attached hydrogen (secondary N) is 2. The van der Waals surface area contributed by atoms with Crippen LogP contribution >= 0.6 is 15.9 Å². The van der Waals surface area contributed by atoms with Gasteiger partial charge in [0.15, 0.2) is 0 Å². The summed E-state index contributed by atoms with van der Waals surface area (Å²) in [6.07, 6.45) is 0.803. The molecule has 10 heteroatoms. The van der Waals surface area contributed by atoms with Gasteiger partial charge in [0.1, 0.15) is 5.69 Å². The Labute approximate surface area is 167 Å². The Morgan fingerprint density at radius 1 is 1.21 bits per heavy atom. The van der Waals surface area contributed by atoms with Crippen LogP contribution in [0.25, 0.3) is 0 Å². The van der Waals surface area contributed by atoms with E-state index in [-0.39, 0.29) is 15.9 Å². The molecular weight excluding hydrogens is 443 g/mol. The van der Waals surface area contributed by atoms with Crippen LogP contribution in [0.5, 0.6) is 0 Å². The van der Waals surface area contributed by atoms with Gasteiger partial charge in [-0.3, -0.25) is 25.8 Å². The third kappa shape index (κ3) is 3.35. The lowest BCUT2D eigenvalue weighted by Crippen LogP contribution is -2.58. The van der Waals surface area contributed by atoms with Crippen LogP contribution in [0.4, 0.5) is 24.5 Å². The lowest BCUT2D eigenvalue weighted by molar-refractivity contribution is -0.384. The molecule has 4 aliphatic carbocycles. The molecule has 4 fully saturated rings. The second kappa shape index (κ2) is 6.33. The zero-order chi connectivity index (χ0) is 20.3. The Morgan fingerprint density at radius 3 is 2.39 bits per heavy atom. The predicted molar refractivity (Wildman–Crippen MR) is 98.6 cm³/mol. The van der Waals surface area contributed by atoms with Gasteiger partial charge >= 0.3 is 6.18 Å². The van der Waals surface area contributed by atoms with E-state index in [9.17, 15) is 28.1 Å². The molecule has 2 N–H and O–H groups in total. The molecule has 2 unspecified atom stereocenters. The first-order valence-corrected chi connectivity index (χ1v) is 9.90. The highest BCUT2D eigenvalue weighted by atomic mass is 79.9. The van der Waals surface area contributed by atoms with Crippen LogP contribution in [0.3, 0.4) is 0 Å². The van der Waals surface area contributed by atoms with Gasteiger partial charge < -0.3 is 0 Å². The fourth-order valence-corrected chi connectivity index (χ4v) is 7.09. The van der Waals surface area contributed by atoms with Crippen molar-refractivity contribution >= 4 is 33.2 Å². The predicted octanol–water partition coefficient (Wildman–Crippen LogP) is 4.79. The van der Waals surface area contributed by atoms with Crippen LogP contribution in [0.1, 0.15) is 44.1 Å². The fourth-order valence-electron chi connectivity index (χ4n) is 5.64. The number of amides is 1. The summed E-state index contributed by atoms with van der Waals surface area (Å²) in [5.74, 6) is 0.707. The monoisotopic (exact) mass is 461 g/mol. The van der Waals surface area contributed by atoms with Gasteiger partial charge in [-0.25, -0.2) is 0 Å². The average molecular weight is 462 g/mol. The Kier molecular flexibility index (Phi) is 4.40. The zero-order valence-corrected chi connectivity index (χ0v) is 16.4. The summed E-state index contributed by atoms with van der Waals surface area (Å²) in [6.45, 7) is 0. The van der Waals surface area contributed by atoms with E-state index in [1.165, 1.54) is 0 Å². The third-order valence-corrected chi connectivity index (χ3v) is 7.23. The number of hydrazine groups is 1. The third-order valence-electron chi connectivity index (χ3n) is 6.30. The van der Waals surface area contributed by atoms with Crippen molar-refractivity contribution in [3.8, 4) is 0 Å². The van der Waals surface area contributed by atoms with Gasteiger partial charge in [-0.15, -0.1) is 0 Å². The van der Waals surface area contributed by atoms with Crippen LogP contribution < -0.4 is 10.9 Å². The number of halogens is 4. The number of anilines is 1. The largest absolute Gasteiger partial charge is 0.416 e. The molecule has 6 nitrogen and oxygen atoms in total. The SMILES string of the molecule is O=C(NNc1ccc(C(F)(F)F)cc1[N+](=O)[O-])C12CC3CC(CC(Br)(C3)C1)C2. The molecule has 0 radical (unpaired) electrons. The number of carbonyl (C=O) groups is 1. The maximum atomic E-state index is 13.0. The average Bonchev–Trinajstić information content (AvgIpc) is 2.56. The van der Waals surface area contributed by atoms with E-state index < -0.39 is 27.8 Å². The second-order valence-electron chi connectivity index (χ2n) is 8.46. The molecule has 0 spiro atoms. The van der Waals surface area contributed by atoms with E-state index in [4.69, 9.17) is 0 Å². The summed E-state index contributed by atoms with van der Waals surface area (Å²) in [5, 5.41) is 11.2. The van der Waals surface area contributed by atoms with E-state index in [2.05, 4.69) is 26.8 Å². The molecule has 1 aromatic carbocycles. The minimum Gasteiger partial charge on any atom is -0.292 e. The molecule has 1 amide bonds. The molecule has 0 aliphatic heterocycles. The van der Waals surface area contributed by atoms with Crippen molar-refractivity contribution < 1.29 is 22.9 Å². The van der Waals surface area contributed by atoms with E-state index in [1.54, 1.807) is 0 Å². The van der Waals surface area contributed by atoms with Crippen molar-refractivity contribution in [2.75, 3.05) is 5.43 Å². The molecular formula is C18H19BrF3N3O3. The number of nitro benzene ring substituents is 1. The Bertz CT molecular complexity index is 831. The summed E-state index contributed by atoms with van der Waals surface area (Å²) >= 11 is 3.82. The van der Waals surface area contributed by atoms with E-state index >= 15 is 0 Å². The van der Waals surface area contributed by atoms with Crippen molar-refractivity contribution in [2.24, 2.45) is 17.3 Å². The first-order valence-electron chi connectivity index (χ1n) is 9.11. The second-order valence-corrected chi connectivity index (χ2v) is 10.1. The Balaban J connectivity index is 1.52. The van der Waals surface area contributed by atoms with Gasteiger partial charge in [0.2, 0.25) is 5.91 Å². The maximum absolute atomic E-state index is 13.0. The van der Waals surface area contributed by atoms with Gasteiger partial charge in [-0.05, 0) is 62.5 Å². The minimum atomic E-state index is -4.68. The van der Waals surface area contributed by atoms with Gasteiger partial charge in [0.05, 0.1) is 15.9 Å². The van der Waals surface area contributed by atoms with Crippen molar-refractivity contribution in [1.82, 2.24) is 5.43 Å². The highest BCUT2D eigenvalue weighted by Gasteiger charge is 2.59. The lowest BCUT2D eigenvalue weighted by Gasteiger charge is -2.59. The number of nitrogens with zero attached hydrogens (tertiary/aromatic N) is 1. The quantitative estimate of drug-likeness (QED) is 0.383. The summed E-state index contributed by atoms with van der Waals surface area (Å²) in [4.78, 5) is 23.3. The van der Waals surface area contributed by atoms with Crippen LogP contribution in [0, 0.1) is 27.4 Å². The molecule has 4 aliphatic rings. The zero-order valence-electron chi connectivity index (χ0n) is 14.8. The topological polar surface area (TPSA) is 84.3 Å². The molecule has 152 valence electrons. The normalized spacial score (nSPS) is 33.6.